The van der Waals surface area contributed by atoms with Gasteiger partial charge in [-0.15, -0.1) is 0 Å². The average Bonchev–Trinajstić information content (AvgIpc) is 2.58. The molecule has 1 atom stereocenters. The number of benzene rings is 2. The molecule has 1 aliphatic rings. The highest BCUT2D eigenvalue weighted by Crippen LogP contribution is 2.24. The van der Waals surface area contributed by atoms with Gasteiger partial charge in [-0.05, 0) is 74.0 Å². The van der Waals surface area contributed by atoms with Gasteiger partial charge in [0.2, 0.25) is 0 Å². The lowest BCUT2D eigenvalue weighted by Gasteiger charge is -2.32. The number of hydrogen-bond acceptors (Lipinski definition) is 2. The average molecular weight is 323 g/mol. The molecule has 0 N–H and O–H groups in total. The van der Waals surface area contributed by atoms with E-state index in [1.165, 1.54) is 38.0 Å². The van der Waals surface area contributed by atoms with Gasteiger partial charge in [0, 0.05) is 6.54 Å². The molecule has 2 heteroatoms. The summed E-state index contributed by atoms with van der Waals surface area (Å²) < 4.78 is 5.95. The van der Waals surface area contributed by atoms with Crippen LogP contribution in [-0.4, -0.2) is 24.5 Å². The van der Waals surface area contributed by atoms with Crippen LogP contribution < -0.4 is 4.74 Å². The first-order chi connectivity index (χ1) is 11.7. The summed E-state index contributed by atoms with van der Waals surface area (Å²) in [6.45, 7) is 8.48. The summed E-state index contributed by atoms with van der Waals surface area (Å²) in [4.78, 5) is 2.63. The first-order valence-electron chi connectivity index (χ1n) is 9.23. The lowest BCUT2D eigenvalue weighted by Crippen LogP contribution is -2.36. The number of nitrogens with zero attached hydrogens (tertiary/aromatic N) is 1. The molecule has 0 spiro atoms. The van der Waals surface area contributed by atoms with E-state index in [2.05, 4.69) is 36.9 Å². The zero-order valence-corrected chi connectivity index (χ0v) is 14.9. The molecule has 3 rings (SSSR count). The Morgan fingerprint density at radius 2 is 1.71 bits per heavy atom. The van der Waals surface area contributed by atoms with Crippen molar-refractivity contribution in [1.82, 2.24) is 4.90 Å². The molecule has 0 aromatic heterocycles. The number of hydrogen-bond donors (Lipinski definition) is 0. The van der Waals surface area contributed by atoms with E-state index in [4.69, 9.17) is 4.74 Å². The molecule has 1 saturated heterocycles. The number of para-hydroxylation sites is 1. The van der Waals surface area contributed by atoms with Gasteiger partial charge >= 0.3 is 0 Å². The highest BCUT2D eigenvalue weighted by molar-refractivity contribution is 5.34. The topological polar surface area (TPSA) is 12.5 Å². The monoisotopic (exact) mass is 323 g/mol. The van der Waals surface area contributed by atoms with E-state index in [1.807, 2.05) is 36.4 Å². The molecule has 0 amide bonds. The summed E-state index contributed by atoms with van der Waals surface area (Å²) in [5, 5.41) is 0. The second kappa shape index (κ2) is 8.34. The molecule has 1 heterocycles. The normalized spacial score (nSPS) is 17.6. The maximum Gasteiger partial charge on any atom is 0.127 e. The molecule has 0 aliphatic carbocycles. The standard InChI is InChI=1S/C22H29NO/c1-18-11-13-23(14-12-18)17-19(2)15-20-7-6-10-22(16-20)24-21-8-4-3-5-9-21/h3-10,16,18-19H,11-15,17H2,1-2H3. The molecule has 2 aromatic rings. The Morgan fingerprint density at radius 3 is 2.46 bits per heavy atom. The van der Waals surface area contributed by atoms with Gasteiger partial charge in [0.05, 0.1) is 0 Å². The van der Waals surface area contributed by atoms with Crippen molar-refractivity contribution in [2.24, 2.45) is 11.8 Å². The third kappa shape index (κ3) is 5.10. The molecule has 1 aliphatic heterocycles. The Morgan fingerprint density at radius 1 is 1.00 bits per heavy atom. The minimum absolute atomic E-state index is 0.672. The van der Waals surface area contributed by atoms with Crippen LogP contribution in [0, 0.1) is 11.8 Å². The minimum Gasteiger partial charge on any atom is -0.457 e. The summed E-state index contributed by atoms with van der Waals surface area (Å²) in [5.74, 6) is 3.40. The Bertz CT molecular complexity index is 617. The van der Waals surface area contributed by atoms with Crippen LogP contribution >= 0.6 is 0 Å². The van der Waals surface area contributed by atoms with Gasteiger partial charge in [-0.1, -0.05) is 44.2 Å². The van der Waals surface area contributed by atoms with Crippen molar-refractivity contribution in [3.05, 3.63) is 60.2 Å². The first kappa shape index (κ1) is 17.0. The van der Waals surface area contributed by atoms with E-state index in [9.17, 15) is 0 Å². The van der Waals surface area contributed by atoms with Gasteiger partial charge in [-0.25, -0.2) is 0 Å². The van der Waals surface area contributed by atoms with E-state index in [1.54, 1.807) is 0 Å². The molecule has 0 saturated carbocycles. The highest BCUT2D eigenvalue weighted by atomic mass is 16.5. The Hall–Kier alpha value is -1.80. The fraction of sp³-hybridized carbons (Fsp3) is 0.455. The van der Waals surface area contributed by atoms with Crippen LogP contribution in [-0.2, 0) is 6.42 Å². The second-order valence-electron chi connectivity index (χ2n) is 7.35. The van der Waals surface area contributed by atoms with E-state index in [0.29, 0.717) is 5.92 Å². The second-order valence-corrected chi connectivity index (χ2v) is 7.35. The smallest absolute Gasteiger partial charge is 0.127 e. The molecule has 2 aromatic carbocycles. The van der Waals surface area contributed by atoms with Crippen molar-refractivity contribution in [2.45, 2.75) is 33.1 Å². The summed E-state index contributed by atoms with van der Waals surface area (Å²) >= 11 is 0. The maximum atomic E-state index is 5.95. The maximum absolute atomic E-state index is 5.95. The van der Waals surface area contributed by atoms with Crippen LogP contribution in [0.15, 0.2) is 54.6 Å². The van der Waals surface area contributed by atoms with Crippen LogP contribution in [0.2, 0.25) is 0 Å². The largest absolute Gasteiger partial charge is 0.457 e. The van der Waals surface area contributed by atoms with Crippen molar-refractivity contribution < 1.29 is 4.74 Å². The number of likely N-dealkylation sites (tertiary alicyclic amines) is 1. The fourth-order valence-corrected chi connectivity index (χ4v) is 3.51. The van der Waals surface area contributed by atoms with Gasteiger partial charge in [0.25, 0.3) is 0 Å². The van der Waals surface area contributed by atoms with Crippen molar-refractivity contribution in [3.63, 3.8) is 0 Å². The van der Waals surface area contributed by atoms with Crippen LogP contribution in [0.5, 0.6) is 11.5 Å². The van der Waals surface area contributed by atoms with Crippen molar-refractivity contribution >= 4 is 0 Å². The summed E-state index contributed by atoms with van der Waals surface area (Å²) in [6.07, 6.45) is 3.82. The minimum atomic E-state index is 0.672. The van der Waals surface area contributed by atoms with Crippen molar-refractivity contribution in [3.8, 4) is 11.5 Å². The lowest BCUT2D eigenvalue weighted by molar-refractivity contribution is 0.170. The quantitative estimate of drug-likeness (QED) is 0.706. The SMILES string of the molecule is CC1CCN(CC(C)Cc2cccc(Oc3ccccc3)c2)CC1. The van der Waals surface area contributed by atoms with E-state index in [0.717, 1.165) is 23.8 Å². The number of rotatable bonds is 6. The van der Waals surface area contributed by atoms with E-state index >= 15 is 0 Å². The molecular formula is C22H29NO. The van der Waals surface area contributed by atoms with E-state index < -0.39 is 0 Å². The molecule has 1 unspecified atom stereocenters. The summed E-state index contributed by atoms with van der Waals surface area (Å²) in [6, 6.07) is 18.5. The summed E-state index contributed by atoms with van der Waals surface area (Å²) in [7, 11) is 0. The van der Waals surface area contributed by atoms with Crippen LogP contribution in [0.3, 0.4) is 0 Å². The van der Waals surface area contributed by atoms with Crippen LogP contribution in [0.4, 0.5) is 0 Å². The third-order valence-electron chi connectivity index (χ3n) is 4.91. The molecule has 24 heavy (non-hydrogen) atoms. The van der Waals surface area contributed by atoms with Gasteiger partial charge < -0.3 is 9.64 Å². The zero-order valence-electron chi connectivity index (χ0n) is 14.9. The molecule has 128 valence electrons. The Kier molecular flexibility index (Phi) is 5.92. The molecular weight excluding hydrogens is 294 g/mol. The van der Waals surface area contributed by atoms with Crippen LogP contribution in [0.25, 0.3) is 0 Å². The molecule has 1 fully saturated rings. The van der Waals surface area contributed by atoms with Gasteiger partial charge in [-0.2, -0.15) is 0 Å². The van der Waals surface area contributed by atoms with Gasteiger partial charge in [-0.3, -0.25) is 0 Å². The zero-order chi connectivity index (χ0) is 16.8. The number of ether oxygens (including phenoxy) is 1. The van der Waals surface area contributed by atoms with Crippen LogP contribution in [0.1, 0.15) is 32.3 Å². The predicted molar refractivity (Wildman–Crippen MR) is 101 cm³/mol. The van der Waals surface area contributed by atoms with Gasteiger partial charge in [0.1, 0.15) is 11.5 Å². The summed E-state index contributed by atoms with van der Waals surface area (Å²) in [5.41, 5.74) is 1.36. The Balaban J connectivity index is 1.54. The fourth-order valence-electron chi connectivity index (χ4n) is 3.51. The predicted octanol–water partition coefficient (Wildman–Crippen LogP) is 5.39. The van der Waals surface area contributed by atoms with E-state index in [-0.39, 0.29) is 0 Å². The first-order valence-corrected chi connectivity index (χ1v) is 9.23. The molecule has 0 radical (unpaired) electrons. The lowest BCUT2D eigenvalue weighted by atomic mass is 9.96. The third-order valence-corrected chi connectivity index (χ3v) is 4.91. The Labute approximate surface area is 146 Å². The highest BCUT2D eigenvalue weighted by Gasteiger charge is 2.17. The van der Waals surface area contributed by atoms with Crippen molar-refractivity contribution in [1.29, 1.82) is 0 Å². The molecule has 2 nitrogen and oxygen atoms in total. The van der Waals surface area contributed by atoms with Crippen molar-refractivity contribution in [2.75, 3.05) is 19.6 Å². The van der Waals surface area contributed by atoms with Gasteiger partial charge in [0.15, 0.2) is 0 Å². The molecule has 0 bridgehead atoms. The number of piperidine rings is 1.